The number of nitrogens with one attached hydrogen (secondary N) is 2. The Labute approximate surface area is 123 Å². The number of H-pyrrole nitrogens is 2. The molecule has 0 radical (unpaired) electrons. The van der Waals surface area contributed by atoms with Crippen molar-refractivity contribution in [1.82, 2.24) is 20.2 Å². The number of hydrogen-bond donors (Lipinski definition) is 2. The molecular weight excluding hydrogens is 300 g/mol. The summed E-state index contributed by atoms with van der Waals surface area (Å²) >= 11 is 12.7. The third-order valence-electron chi connectivity index (χ3n) is 2.62. The van der Waals surface area contributed by atoms with Crippen LogP contribution in [-0.2, 0) is 0 Å². The van der Waals surface area contributed by atoms with Crippen LogP contribution in [0.2, 0.25) is 5.02 Å². The van der Waals surface area contributed by atoms with E-state index in [2.05, 4.69) is 20.2 Å². The van der Waals surface area contributed by atoms with Gasteiger partial charge in [-0.15, -0.1) is 11.3 Å². The SMILES string of the molecule is Cc1nc(-c2ccccc2Cl)sc1-c1nc(=S)[nH][nH]1. The lowest BCUT2D eigenvalue weighted by Gasteiger charge is -1.97. The number of aromatic nitrogens is 4. The van der Waals surface area contributed by atoms with Gasteiger partial charge in [-0.05, 0) is 25.2 Å². The van der Waals surface area contributed by atoms with Crippen LogP contribution >= 0.6 is 35.2 Å². The van der Waals surface area contributed by atoms with Crippen LogP contribution in [-0.4, -0.2) is 20.2 Å². The zero-order chi connectivity index (χ0) is 13.4. The molecule has 0 atom stereocenters. The third-order valence-corrected chi connectivity index (χ3v) is 4.34. The average Bonchev–Trinajstić information content (AvgIpc) is 2.96. The van der Waals surface area contributed by atoms with E-state index in [1.165, 1.54) is 11.3 Å². The van der Waals surface area contributed by atoms with Crippen LogP contribution in [0.3, 0.4) is 0 Å². The van der Waals surface area contributed by atoms with Crippen molar-refractivity contribution in [2.45, 2.75) is 6.92 Å². The van der Waals surface area contributed by atoms with Crippen molar-refractivity contribution >= 4 is 35.2 Å². The van der Waals surface area contributed by atoms with E-state index < -0.39 is 0 Å². The zero-order valence-corrected chi connectivity index (χ0v) is 12.3. The number of benzene rings is 1. The molecule has 2 heterocycles. The Morgan fingerprint density at radius 3 is 2.68 bits per heavy atom. The normalized spacial score (nSPS) is 10.8. The van der Waals surface area contributed by atoms with Gasteiger partial charge in [0.15, 0.2) is 5.82 Å². The van der Waals surface area contributed by atoms with Crippen LogP contribution in [0.4, 0.5) is 0 Å². The molecule has 2 N–H and O–H groups in total. The highest BCUT2D eigenvalue weighted by Crippen LogP contribution is 2.36. The summed E-state index contributed by atoms with van der Waals surface area (Å²) in [6, 6.07) is 7.66. The first-order chi connectivity index (χ1) is 9.15. The number of aryl methyl sites for hydroxylation is 1. The maximum absolute atomic E-state index is 6.19. The Bertz CT molecular complexity index is 787. The van der Waals surface area contributed by atoms with E-state index >= 15 is 0 Å². The second-order valence-corrected chi connectivity index (χ2v) is 5.72. The predicted octanol–water partition coefficient (Wildman–Crippen LogP) is 4.22. The van der Waals surface area contributed by atoms with Gasteiger partial charge in [-0.3, -0.25) is 10.2 Å². The molecule has 0 spiro atoms. The molecule has 2 aromatic heterocycles. The minimum Gasteiger partial charge on any atom is -0.281 e. The quantitative estimate of drug-likeness (QED) is 0.697. The molecule has 7 heteroatoms. The molecule has 0 unspecified atom stereocenters. The lowest BCUT2D eigenvalue weighted by Crippen LogP contribution is -1.80. The van der Waals surface area contributed by atoms with E-state index in [0.717, 1.165) is 21.1 Å². The molecule has 0 saturated heterocycles. The van der Waals surface area contributed by atoms with Crippen molar-refractivity contribution in [2.75, 3.05) is 0 Å². The topological polar surface area (TPSA) is 57.4 Å². The van der Waals surface area contributed by atoms with Gasteiger partial charge >= 0.3 is 0 Å². The number of halogens is 1. The Hall–Kier alpha value is -1.50. The monoisotopic (exact) mass is 308 g/mol. The van der Waals surface area contributed by atoms with Gasteiger partial charge in [0.1, 0.15) is 5.01 Å². The van der Waals surface area contributed by atoms with Crippen molar-refractivity contribution in [3.8, 4) is 21.3 Å². The van der Waals surface area contributed by atoms with Crippen LogP contribution in [0, 0.1) is 11.7 Å². The molecule has 0 saturated carbocycles. The maximum Gasteiger partial charge on any atom is 0.213 e. The summed E-state index contributed by atoms with van der Waals surface area (Å²) in [6.07, 6.45) is 0. The van der Waals surface area contributed by atoms with Gasteiger partial charge in [-0.2, -0.15) is 4.98 Å². The molecule has 0 amide bonds. The lowest BCUT2D eigenvalue weighted by atomic mass is 10.2. The number of rotatable bonds is 2. The molecule has 3 rings (SSSR count). The van der Waals surface area contributed by atoms with Gasteiger partial charge in [0.05, 0.1) is 15.6 Å². The molecule has 0 aliphatic rings. The van der Waals surface area contributed by atoms with Crippen molar-refractivity contribution in [2.24, 2.45) is 0 Å². The summed E-state index contributed by atoms with van der Waals surface area (Å²) in [5.41, 5.74) is 1.83. The standard InChI is InChI=1S/C12H9ClN4S2/c1-6-9(10-15-12(18)17-16-10)19-11(14-6)7-4-2-3-5-8(7)13/h2-5H,1H3,(H2,15,16,17,18). The van der Waals surface area contributed by atoms with E-state index in [1.54, 1.807) is 0 Å². The first-order valence-corrected chi connectivity index (χ1v) is 7.13. The van der Waals surface area contributed by atoms with Gasteiger partial charge in [0.25, 0.3) is 0 Å². The van der Waals surface area contributed by atoms with E-state index in [1.807, 2.05) is 31.2 Å². The van der Waals surface area contributed by atoms with Gasteiger partial charge in [-0.25, -0.2) is 4.98 Å². The maximum atomic E-state index is 6.19. The van der Waals surface area contributed by atoms with Crippen LogP contribution in [0.25, 0.3) is 21.3 Å². The fourth-order valence-electron chi connectivity index (χ4n) is 1.74. The van der Waals surface area contributed by atoms with E-state index in [9.17, 15) is 0 Å². The summed E-state index contributed by atoms with van der Waals surface area (Å²) in [4.78, 5) is 9.73. The summed E-state index contributed by atoms with van der Waals surface area (Å²) < 4.78 is 0.432. The molecule has 0 aliphatic carbocycles. The number of thiazole rings is 1. The summed E-state index contributed by atoms with van der Waals surface area (Å²) in [6.45, 7) is 1.94. The van der Waals surface area contributed by atoms with Gasteiger partial charge in [-0.1, -0.05) is 29.8 Å². The second-order valence-electron chi connectivity index (χ2n) is 3.93. The summed E-state index contributed by atoms with van der Waals surface area (Å²) in [5, 5.41) is 7.29. The smallest absolute Gasteiger partial charge is 0.213 e. The third kappa shape index (κ3) is 2.34. The fraction of sp³-hybridized carbons (Fsp3) is 0.0833. The Morgan fingerprint density at radius 2 is 2.00 bits per heavy atom. The number of nitrogens with zero attached hydrogens (tertiary/aromatic N) is 2. The molecule has 0 fully saturated rings. The number of aromatic amines is 2. The molecule has 0 aliphatic heterocycles. The van der Waals surface area contributed by atoms with Crippen LogP contribution in [0.5, 0.6) is 0 Å². The average molecular weight is 309 g/mol. The van der Waals surface area contributed by atoms with Crippen molar-refractivity contribution < 1.29 is 0 Å². The van der Waals surface area contributed by atoms with Gasteiger partial charge in [0, 0.05) is 5.56 Å². The molecule has 96 valence electrons. The number of hydrogen-bond acceptors (Lipinski definition) is 4. The van der Waals surface area contributed by atoms with Crippen molar-refractivity contribution in [3.63, 3.8) is 0 Å². The summed E-state index contributed by atoms with van der Waals surface area (Å²) in [7, 11) is 0. The largest absolute Gasteiger partial charge is 0.281 e. The second kappa shape index (κ2) is 4.88. The fourth-order valence-corrected chi connectivity index (χ4v) is 3.22. The van der Waals surface area contributed by atoms with Crippen molar-refractivity contribution in [3.05, 3.63) is 39.8 Å². The molecule has 19 heavy (non-hydrogen) atoms. The molecule has 0 bridgehead atoms. The molecule has 1 aromatic carbocycles. The Balaban J connectivity index is 2.12. The molecule has 4 nitrogen and oxygen atoms in total. The minimum atomic E-state index is 0.432. The molecule has 3 aromatic rings. The summed E-state index contributed by atoms with van der Waals surface area (Å²) in [5.74, 6) is 0.707. The Morgan fingerprint density at radius 1 is 1.21 bits per heavy atom. The van der Waals surface area contributed by atoms with Crippen LogP contribution < -0.4 is 0 Å². The first kappa shape index (κ1) is 12.5. The highest BCUT2D eigenvalue weighted by molar-refractivity contribution is 7.71. The highest BCUT2D eigenvalue weighted by Gasteiger charge is 2.14. The zero-order valence-electron chi connectivity index (χ0n) is 9.90. The van der Waals surface area contributed by atoms with Crippen molar-refractivity contribution in [1.29, 1.82) is 0 Å². The van der Waals surface area contributed by atoms with Gasteiger partial charge in [0.2, 0.25) is 4.77 Å². The van der Waals surface area contributed by atoms with Crippen LogP contribution in [0.1, 0.15) is 5.69 Å². The minimum absolute atomic E-state index is 0.432. The van der Waals surface area contributed by atoms with E-state index in [0.29, 0.717) is 15.6 Å². The van der Waals surface area contributed by atoms with E-state index in [4.69, 9.17) is 23.8 Å². The van der Waals surface area contributed by atoms with Crippen LogP contribution in [0.15, 0.2) is 24.3 Å². The molecular formula is C12H9ClN4S2. The van der Waals surface area contributed by atoms with Gasteiger partial charge < -0.3 is 0 Å². The van der Waals surface area contributed by atoms with E-state index in [-0.39, 0.29) is 0 Å². The first-order valence-electron chi connectivity index (χ1n) is 5.52. The lowest BCUT2D eigenvalue weighted by molar-refractivity contribution is 1.08. The predicted molar refractivity (Wildman–Crippen MR) is 80.1 cm³/mol. The highest BCUT2D eigenvalue weighted by atomic mass is 35.5. The Kier molecular flexibility index (Phi) is 3.22.